The second-order valence-corrected chi connectivity index (χ2v) is 6.02. The number of tetrazole rings is 2. The van der Waals surface area contributed by atoms with Gasteiger partial charge in [-0.25, -0.2) is 4.68 Å². The molecule has 0 saturated heterocycles. The summed E-state index contributed by atoms with van der Waals surface area (Å²) < 4.78 is 3.11. The van der Waals surface area contributed by atoms with Gasteiger partial charge in [0.25, 0.3) is 0 Å². The van der Waals surface area contributed by atoms with Crippen molar-refractivity contribution in [2.45, 2.75) is 16.7 Å². The third-order valence-electron chi connectivity index (χ3n) is 2.63. The summed E-state index contributed by atoms with van der Waals surface area (Å²) in [7, 11) is 0. The average molecular weight is 317 g/mol. The van der Waals surface area contributed by atoms with Crippen LogP contribution < -0.4 is 0 Å². The topological polar surface area (TPSA) is 99.6 Å². The minimum absolute atomic E-state index is 0.595. The lowest BCUT2D eigenvalue weighted by atomic mass is 10.5. The Balaban J connectivity index is 1.60. The van der Waals surface area contributed by atoms with E-state index in [-0.39, 0.29) is 0 Å². The van der Waals surface area contributed by atoms with Gasteiger partial charge in [0.15, 0.2) is 5.65 Å². The van der Waals surface area contributed by atoms with Gasteiger partial charge in [-0.05, 0) is 56.2 Å². The third-order valence-corrected chi connectivity index (χ3v) is 4.39. The van der Waals surface area contributed by atoms with Crippen LogP contribution in [0.5, 0.6) is 0 Å². The largest absolute Gasteiger partial charge is 0.216 e. The first-order valence-electron chi connectivity index (χ1n) is 5.90. The van der Waals surface area contributed by atoms with Crippen LogP contribution in [0.25, 0.3) is 5.65 Å². The predicted molar refractivity (Wildman–Crippen MR) is 73.9 cm³/mol. The van der Waals surface area contributed by atoms with E-state index < -0.39 is 0 Å². The van der Waals surface area contributed by atoms with E-state index in [4.69, 9.17) is 0 Å². The normalized spacial score (nSPS) is 11.2. The Morgan fingerprint density at radius 1 is 1.10 bits per heavy atom. The van der Waals surface area contributed by atoms with Crippen LogP contribution >= 0.6 is 23.1 Å². The zero-order chi connectivity index (χ0) is 14.1. The van der Waals surface area contributed by atoms with Gasteiger partial charge in [-0.1, -0.05) is 6.07 Å². The van der Waals surface area contributed by atoms with Crippen LogP contribution in [-0.2, 0) is 6.54 Å². The van der Waals surface area contributed by atoms with E-state index in [0.717, 1.165) is 5.03 Å². The molecule has 4 rings (SSSR count). The molecule has 0 fully saturated rings. The SMILES string of the molecule is c1csc(Cn2nnnc2Sc2ccc3nnnn3n2)c1. The maximum Gasteiger partial charge on any atom is 0.216 e. The lowest BCUT2D eigenvalue weighted by Crippen LogP contribution is -2.03. The molecule has 4 aromatic rings. The molecule has 0 radical (unpaired) electrons. The molecule has 4 aromatic heterocycles. The summed E-state index contributed by atoms with van der Waals surface area (Å²) >= 11 is 3.03. The van der Waals surface area contributed by atoms with Crippen molar-refractivity contribution < 1.29 is 0 Å². The first-order chi connectivity index (χ1) is 10.4. The second-order valence-electron chi connectivity index (χ2n) is 4.00. The summed E-state index contributed by atoms with van der Waals surface area (Å²) in [6, 6.07) is 7.68. The molecule has 0 saturated carbocycles. The number of hydrogen-bond acceptors (Lipinski definition) is 9. The zero-order valence-electron chi connectivity index (χ0n) is 10.4. The van der Waals surface area contributed by atoms with Gasteiger partial charge in [0, 0.05) is 4.88 Å². The van der Waals surface area contributed by atoms with E-state index in [1.807, 2.05) is 23.6 Å². The molecule has 21 heavy (non-hydrogen) atoms. The molecule has 0 spiro atoms. The Morgan fingerprint density at radius 3 is 2.95 bits per heavy atom. The van der Waals surface area contributed by atoms with Crippen LogP contribution in [-0.4, -0.2) is 45.5 Å². The van der Waals surface area contributed by atoms with E-state index >= 15 is 0 Å². The number of nitrogens with zero attached hydrogens (tertiary/aromatic N) is 9. The molecule has 9 nitrogen and oxygen atoms in total. The van der Waals surface area contributed by atoms with Crippen molar-refractivity contribution in [1.82, 2.24) is 45.5 Å². The minimum Gasteiger partial charge on any atom is -0.215 e. The molecule has 0 amide bonds. The first-order valence-corrected chi connectivity index (χ1v) is 7.60. The average Bonchev–Trinajstić information content (AvgIpc) is 3.22. The molecule has 0 aliphatic carbocycles. The van der Waals surface area contributed by atoms with Crippen LogP contribution in [0.15, 0.2) is 39.8 Å². The molecule has 11 heteroatoms. The molecule has 0 bridgehead atoms. The maximum absolute atomic E-state index is 4.29. The van der Waals surface area contributed by atoms with Crippen LogP contribution in [0.2, 0.25) is 0 Å². The van der Waals surface area contributed by atoms with E-state index in [1.54, 1.807) is 22.1 Å². The number of aromatic nitrogens is 9. The molecule has 104 valence electrons. The predicted octanol–water partition coefficient (Wildman–Crippen LogP) is 0.767. The molecule has 0 aliphatic rings. The molecule has 0 atom stereocenters. The highest BCUT2D eigenvalue weighted by Crippen LogP contribution is 2.24. The van der Waals surface area contributed by atoms with Crippen LogP contribution in [0.4, 0.5) is 0 Å². The van der Waals surface area contributed by atoms with Gasteiger partial charge >= 0.3 is 0 Å². The van der Waals surface area contributed by atoms with E-state index in [0.29, 0.717) is 17.3 Å². The fraction of sp³-hybridized carbons (Fsp3) is 0.100. The standard InChI is InChI=1S/C10H7N9S2/c1-2-7(20-5-1)6-18-10(12-15-16-18)21-9-4-3-8-11-14-17-19(8)13-9/h1-5H,6H2. The molecule has 0 aliphatic heterocycles. The summed E-state index contributed by atoms with van der Waals surface area (Å²) in [6.45, 7) is 0.639. The van der Waals surface area contributed by atoms with Gasteiger partial charge in [-0.2, -0.15) is 0 Å². The third kappa shape index (κ3) is 2.48. The molecule has 0 N–H and O–H groups in total. The monoisotopic (exact) mass is 317 g/mol. The zero-order valence-corrected chi connectivity index (χ0v) is 12.1. The number of thiophene rings is 1. The molecule has 0 aromatic carbocycles. The highest BCUT2D eigenvalue weighted by molar-refractivity contribution is 7.99. The lowest BCUT2D eigenvalue weighted by Gasteiger charge is -2.02. The molecule has 0 unspecified atom stereocenters. The Labute approximate surface area is 126 Å². The number of fused-ring (bicyclic) bond motifs is 1. The molecular weight excluding hydrogens is 310 g/mol. The Bertz CT molecular complexity index is 866. The Morgan fingerprint density at radius 2 is 2.05 bits per heavy atom. The highest BCUT2D eigenvalue weighted by atomic mass is 32.2. The second kappa shape index (κ2) is 5.18. The smallest absolute Gasteiger partial charge is 0.215 e. The molecule has 4 heterocycles. The Hall–Kier alpha value is -2.40. The van der Waals surface area contributed by atoms with Crippen molar-refractivity contribution in [3.8, 4) is 0 Å². The van der Waals surface area contributed by atoms with Gasteiger partial charge in [0.1, 0.15) is 5.03 Å². The van der Waals surface area contributed by atoms with E-state index in [9.17, 15) is 0 Å². The van der Waals surface area contributed by atoms with Gasteiger partial charge in [0.05, 0.1) is 6.54 Å². The van der Waals surface area contributed by atoms with Crippen molar-refractivity contribution >= 4 is 28.7 Å². The number of rotatable bonds is 4. The molecular formula is C10H7N9S2. The quantitative estimate of drug-likeness (QED) is 0.544. The summed E-state index contributed by atoms with van der Waals surface area (Å²) in [5.74, 6) is 0. The van der Waals surface area contributed by atoms with Crippen molar-refractivity contribution in [1.29, 1.82) is 0 Å². The fourth-order valence-electron chi connectivity index (χ4n) is 1.70. The van der Waals surface area contributed by atoms with Gasteiger partial charge in [-0.15, -0.1) is 31.3 Å². The van der Waals surface area contributed by atoms with Crippen molar-refractivity contribution in [2.24, 2.45) is 0 Å². The fourth-order valence-corrected chi connectivity index (χ4v) is 3.11. The minimum atomic E-state index is 0.595. The van der Waals surface area contributed by atoms with Gasteiger partial charge in [-0.3, -0.25) is 0 Å². The summed E-state index contributed by atoms with van der Waals surface area (Å²) in [6.07, 6.45) is 0. The summed E-state index contributed by atoms with van der Waals surface area (Å²) in [5.41, 5.74) is 0.595. The van der Waals surface area contributed by atoms with Crippen LogP contribution in [0, 0.1) is 0 Å². The highest BCUT2D eigenvalue weighted by Gasteiger charge is 2.11. The van der Waals surface area contributed by atoms with Gasteiger partial charge in [0.2, 0.25) is 5.16 Å². The van der Waals surface area contributed by atoms with Crippen molar-refractivity contribution in [3.63, 3.8) is 0 Å². The van der Waals surface area contributed by atoms with Crippen molar-refractivity contribution in [3.05, 3.63) is 34.5 Å². The van der Waals surface area contributed by atoms with Crippen LogP contribution in [0.3, 0.4) is 0 Å². The van der Waals surface area contributed by atoms with Gasteiger partial charge < -0.3 is 0 Å². The van der Waals surface area contributed by atoms with E-state index in [1.165, 1.54) is 21.3 Å². The van der Waals surface area contributed by atoms with E-state index in [2.05, 4.69) is 36.1 Å². The Kier molecular flexibility index (Phi) is 3.05. The maximum atomic E-state index is 4.29. The summed E-state index contributed by atoms with van der Waals surface area (Å²) in [5, 5.41) is 30.6. The van der Waals surface area contributed by atoms with Crippen LogP contribution in [0.1, 0.15) is 4.88 Å². The summed E-state index contributed by atoms with van der Waals surface area (Å²) in [4.78, 5) is 1.19. The van der Waals surface area contributed by atoms with Crippen molar-refractivity contribution in [2.75, 3.05) is 0 Å². The lowest BCUT2D eigenvalue weighted by molar-refractivity contribution is 0.607. The first kappa shape index (κ1) is 12.3. The number of hydrogen-bond donors (Lipinski definition) is 0.